The summed E-state index contributed by atoms with van der Waals surface area (Å²) in [6, 6.07) is 8.84. The molecule has 0 aliphatic carbocycles. The Labute approximate surface area is 142 Å². The van der Waals surface area contributed by atoms with E-state index in [0.29, 0.717) is 19.6 Å². The Morgan fingerprint density at radius 1 is 1.21 bits per heavy atom. The molecule has 0 aromatic heterocycles. The smallest absolute Gasteiger partial charge is 0.408 e. The van der Waals surface area contributed by atoms with Gasteiger partial charge in [-0.2, -0.15) is 0 Å². The topological polar surface area (TPSA) is 73.9 Å². The number of ether oxygens (including phenoxy) is 3. The van der Waals surface area contributed by atoms with E-state index in [1.807, 2.05) is 30.3 Å². The number of hydrogen-bond acceptors (Lipinski definition) is 5. The highest BCUT2D eigenvalue weighted by atomic mass is 16.7. The molecule has 0 spiro atoms. The maximum absolute atomic E-state index is 12.6. The molecule has 1 aromatic rings. The highest BCUT2D eigenvalue weighted by molar-refractivity contribution is 5.88. The van der Waals surface area contributed by atoms with Crippen LogP contribution in [0.15, 0.2) is 30.3 Å². The minimum absolute atomic E-state index is 0.104. The molecule has 0 radical (unpaired) electrons. The molecule has 24 heavy (non-hydrogen) atoms. The van der Waals surface area contributed by atoms with Crippen LogP contribution in [-0.2, 0) is 25.4 Å². The summed E-state index contributed by atoms with van der Waals surface area (Å²) in [5.41, 5.74) is 0.336. The van der Waals surface area contributed by atoms with E-state index in [-0.39, 0.29) is 12.2 Å². The van der Waals surface area contributed by atoms with Gasteiger partial charge < -0.3 is 19.5 Å². The van der Waals surface area contributed by atoms with Crippen LogP contribution in [0.3, 0.4) is 0 Å². The van der Waals surface area contributed by atoms with E-state index in [1.165, 1.54) is 0 Å². The number of carbonyl (C=O) groups excluding carboxylic acids is 2. The fourth-order valence-electron chi connectivity index (χ4n) is 2.38. The highest BCUT2D eigenvalue weighted by Crippen LogP contribution is 2.13. The van der Waals surface area contributed by atoms with Crippen LogP contribution in [0, 0.1) is 0 Å². The summed E-state index contributed by atoms with van der Waals surface area (Å²) < 4.78 is 15.9. The number of nitrogens with one attached hydrogen (secondary N) is 1. The molecule has 0 bridgehead atoms. The minimum Gasteiger partial charge on any atom is -0.444 e. The van der Waals surface area contributed by atoms with Gasteiger partial charge in [-0.3, -0.25) is 4.79 Å². The van der Waals surface area contributed by atoms with Crippen molar-refractivity contribution in [1.82, 2.24) is 5.32 Å². The van der Waals surface area contributed by atoms with Gasteiger partial charge in [0.05, 0.1) is 25.7 Å². The summed E-state index contributed by atoms with van der Waals surface area (Å²) in [5, 5.41) is 2.67. The number of carbonyl (C=O) groups is 2. The van der Waals surface area contributed by atoms with Gasteiger partial charge in [0.15, 0.2) is 12.1 Å². The van der Waals surface area contributed by atoms with Crippen LogP contribution >= 0.6 is 0 Å². The molecule has 1 atom stereocenters. The molecule has 0 saturated carbocycles. The zero-order valence-electron chi connectivity index (χ0n) is 14.4. The summed E-state index contributed by atoms with van der Waals surface area (Å²) >= 11 is 0. The molecule has 6 nitrogen and oxygen atoms in total. The van der Waals surface area contributed by atoms with Crippen molar-refractivity contribution in [2.45, 2.75) is 51.5 Å². The molecule has 1 fully saturated rings. The molecule has 2 rings (SSSR count). The van der Waals surface area contributed by atoms with Crippen molar-refractivity contribution >= 4 is 11.9 Å². The van der Waals surface area contributed by atoms with Crippen molar-refractivity contribution in [3.8, 4) is 0 Å². The van der Waals surface area contributed by atoms with Crippen molar-refractivity contribution in [3.05, 3.63) is 35.9 Å². The quantitative estimate of drug-likeness (QED) is 0.864. The average molecular weight is 335 g/mol. The van der Waals surface area contributed by atoms with Gasteiger partial charge in [-0.25, -0.2) is 4.79 Å². The van der Waals surface area contributed by atoms with Crippen molar-refractivity contribution in [2.24, 2.45) is 0 Å². The maximum Gasteiger partial charge on any atom is 0.408 e. The molecule has 1 saturated heterocycles. The van der Waals surface area contributed by atoms with Gasteiger partial charge in [-0.05, 0) is 32.8 Å². The van der Waals surface area contributed by atoms with E-state index in [4.69, 9.17) is 14.2 Å². The van der Waals surface area contributed by atoms with E-state index in [2.05, 4.69) is 5.32 Å². The second kappa shape index (κ2) is 8.26. The Balaban J connectivity index is 2.02. The summed E-state index contributed by atoms with van der Waals surface area (Å²) in [7, 11) is 0. The fraction of sp³-hybridized carbons (Fsp3) is 0.556. The lowest BCUT2D eigenvalue weighted by Gasteiger charge is -2.23. The van der Waals surface area contributed by atoms with Gasteiger partial charge in [0.25, 0.3) is 0 Å². The fourth-order valence-corrected chi connectivity index (χ4v) is 2.38. The van der Waals surface area contributed by atoms with Crippen molar-refractivity contribution in [2.75, 3.05) is 13.2 Å². The summed E-state index contributed by atoms with van der Waals surface area (Å²) in [5.74, 6) is -0.142. The summed E-state index contributed by atoms with van der Waals surface area (Å²) in [4.78, 5) is 24.6. The minimum atomic E-state index is -0.685. The third-order valence-corrected chi connectivity index (χ3v) is 3.42. The Hall–Kier alpha value is -1.92. The third kappa shape index (κ3) is 6.29. The standard InChI is InChI=1S/C18H25NO5/c1-18(2,3)24-17(21)19-14(11-13-7-5-4-6-8-13)15(20)12-16-22-9-10-23-16/h4-8,14,16H,9-12H2,1-3H3,(H,19,21)/t14-/m0/s1. The third-order valence-electron chi connectivity index (χ3n) is 3.42. The largest absolute Gasteiger partial charge is 0.444 e. The normalized spacial score (nSPS) is 16.6. The van der Waals surface area contributed by atoms with Crippen molar-refractivity contribution in [3.63, 3.8) is 0 Å². The molecular weight excluding hydrogens is 310 g/mol. The molecule has 1 N–H and O–H groups in total. The van der Waals surface area contributed by atoms with E-state index in [1.54, 1.807) is 20.8 Å². The number of amides is 1. The van der Waals surface area contributed by atoms with Gasteiger partial charge in [-0.15, -0.1) is 0 Å². The molecule has 0 unspecified atom stereocenters. The van der Waals surface area contributed by atoms with Gasteiger partial charge >= 0.3 is 6.09 Å². The predicted octanol–water partition coefficient (Wildman–Crippen LogP) is 2.45. The summed E-state index contributed by atoms with van der Waals surface area (Å²) in [6.45, 7) is 6.31. The van der Waals surface area contributed by atoms with Gasteiger partial charge in [0, 0.05) is 0 Å². The first kappa shape index (κ1) is 18.4. The Bertz CT molecular complexity index is 546. The molecule has 1 amide bonds. The second-order valence-corrected chi connectivity index (χ2v) is 6.73. The zero-order chi connectivity index (χ0) is 17.6. The van der Waals surface area contributed by atoms with Gasteiger partial charge in [0.2, 0.25) is 0 Å². The van der Waals surface area contributed by atoms with Crippen LogP contribution in [0.5, 0.6) is 0 Å². The molecule has 6 heteroatoms. The number of Topliss-reactive ketones (excluding diaryl/α,β-unsaturated/α-hetero) is 1. The van der Waals surface area contributed by atoms with Gasteiger partial charge in [-0.1, -0.05) is 30.3 Å². The number of hydrogen-bond donors (Lipinski definition) is 1. The molecule has 1 aliphatic heterocycles. The first-order valence-corrected chi connectivity index (χ1v) is 8.13. The zero-order valence-corrected chi connectivity index (χ0v) is 14.4. The van der Waals surface area contributed by atoms with Crippen LogP contribution in [-0.4, -0.2) is 43.0 Å². The Morgan fingerprint density at radius 3 is 2.42 bits per heavy atom. The predicted molar refractivity (Wildman–Crippen MR) is 88.6 cm³/mol. The lowest BCUT2D eigenvalue weighted by atomic mass is 10.0. The molecule has 1 aromatic carbocycles. The Morgan fingerprint density at radius 2 is 1.83 bits per heavy atom. The maximum atomic E-state index is 12.6. The van der Waals surface area contributed by atoms with Crippen molar-refractivity contribution < 1.29 is 23.8 Å². The van der Waals surface area contributed by atoms with Crippen LogP contribution in [0.25, 0.3) is 0 Å². The Kier molecular flexibility index (Phi) is 6.34. The van der Waals surface area contributed by atoms with Gasteiger partial charge in [0.1, 0.15) is 5.60 Å². The van der Waals surface area contributed by atoms with Crippen LogP contribution in [0.2, 0.25) is 0 Å². The number of benzene rings is 1. The van der Waals surface area contributed by atoms with Crippen LogP contribution in [0.4, 0.5) is 4.79 Å². The van der Waals surface area contributed by atoms with E-state index >= 15 is 0 Å². The number of rotatable bonds is 6. The average Bonchev–Trinajstić information content (AvgIpc) is 2.98. The molecular formula is C18H25NO5. The van der Waals surface area contributed by atoms with Crippen LogP contribution < -0.4 is 5.32 Å². The van der Waals surface area contributed by atoms with E-state index in [0.717, 1.165) is 5.56 Å². The molecule has 132 valence electrons. The first-order chi connectivity index (χ1) is 11.3. The molecule has 1 heterocycles. The lowest BCUT2D eigenvalue weighted by Crippen LogP contribution is -2.45. The summed E-state index contributed by atoms with van der Waals surface area (Å²) in [6.07, 6.45) is -0.639. The lowest BCUT2D eigenvalue weighted by molar-refractivity contribution is -0.129. The van der Waals surface area contributed by atoms with Crippen molar-refractivity contribution in [1.29, 1.82) is 0 Å². The molecule has 1 aliphatic rings. The van der Waals surface area contributed by atoms with Crippen LogP contribution in [0.1, 0.15) is 32.8 Å². The first-order valence-electron chi connectivity index (χ1n) is 8.13. The van der Waals surface area contributed by atoms with E-state index < -0.39 is 24.0 Å². The number of ketones is 1. The van der Waals surface area contributed by atoms with E-state index in [9.17, 15) is 9.59 Å². The monoisotopic (exact) mass is 335 g/mol. The SMILES string of the molecule is CC(C)(C)OC(=O)N[C@@H](Cc1ccccc1)C(=O)CC1OCCO1. The highest BCUT2D eigenvalue weighted by Gasteiger charge is 2.28. The number of alkyl carbamates (subject to hydrolysis) is 1. The second-order valence-electron chi connectivity index (χ2n) is 6.73.